The maximum Gasteiger partial charge on any atom is 0.324 e. The largest absolute Gasteiger partial charge is 0.356 e. The molecule has 0 saturated heterocycles. The number of carbonyl (C=O) groups is 1. The fraction of sp³-hybridized carbons (Fsp3) is 0.267. The van der Waals surface area contributed by atoms with Crippen LogP contribution in [0.25, 0.3) is 10.9 Å². The summed E-state index contributed by atoms with van der Waals surface area (Å²) in [6.45, 7) is 2.74. The van der Waals surface area contributed by atoms with Crippen molar-refractivity contribution in [1.82, 2.24) is 20.1 Å². The molecule has 3 heterocycles. The molecule has 0 saturated carbocycles. The average molecular weight is 313 g/mol. The van der Waals surface area contributed by atoms with Crippen molar-refractivity contribution >= 4 is 33.4 Å². The molecule has 0 bridgehead atoms. The molecule has 1 aliphatic heterocycles. The smallest absolute Gasteiger partial charge is 0.324 e. The van der Waals surface area contributed by atoms with Gasteiger partial charge in [-0.1, -0.05) is 29.5 Å². The summed E-state index contributed by atoms with van der Waals surface area (Å²) < 4.78 is 0. The van der Waals surface area contributed by atoms with E-state index in [2.05, 4.69) is 38.7 Å². The number of amides is 2. The molecule has 2 aromatic heterocycles. The van der Waals surface area contributed by atoms with E-state index in [9.17, 15) is 4.79 Å². The van der Waals surface area contributed by atoms with Crippen molar-refractivity contribution in [2.45, 2.75) is 19.4 Å². The molecule has 2 amide bonds. The first-order valence-electron chi connectivity index (χ1n) is 7.17. The van der Waals surface area contributed by atoms with E-state index >= 15 is 0 Å². The summed E-state index contributed by atoms with van der Waals surface area (Å²) in [7, 11) is 0. The van der Waals surface area contributed by atoms with Gasteiger partial charge in [0.05, 0.1) is 6.04 Å². The Morgan fingerprint density at radius 2 is 2.32 bits per heavy atom. The molecule has 22 heavy (non-hydrogen) atoms. The van der Waals surface area contributed by atoms with Crippen molar-refractivity contribution in [3.05, 3.63) is 41.0 Å². The zero-order chi connectivity index (χ0) is 15.1. The van der Waals surface area contributed by atoms with Gasteiger partial charge in [0.15, 0.2) is 0 Å². The van der Waals surface area contributed by atoms with Crippen LogP contribution in [0.1, 0.15) is 24.2 Å². The number of rotatable bonds is 1. The van der Waals surface area contributed by atoms with E-state index in [-0.39, 0.29) is 12.1 Å². The lowest BCUT2D eigenvalue weighted by molar-refractivity contribution is 0.187. The van der Waals surface area contributed by atoms with E-state index in [0.29, 0.717) is 11.7 Å². The topological polar surface area (TPSA) is 73.9 Å². The number of hydrogen-bond acceptors (Lipinski definition) is 4. The maximum atomic E-state index is 12.4. The molecular formula is C15H15N5OS. The lowest BCUT2D eigenvalue weighted by atomic mass is 9.99. The molecule has 1 aromatic carbocycles. The number of aromatic amines is 1. The number of carbonyl (C=O) groups excluding carboxylic acids is 1. The molecule has 2 N–H and O–H groups in total. The maximum absolute atomic E-state index is 12.4. The Hall–Kier alpha value is -2.41. The molecule has 0 fully saturated rings. The lowest BCUT2D eigenvalue weighted by Gasteiger charge is -2.33. The molecule has 1 atom stereocenters. The van der Waals surface area contributed by atoms with Gasteiger partial charge in [-0.3, -0.25) is 5.32 Å². The van der Waals surface area contributed by atoms with E-state index in [0.717, 1.165) is 17.6 Å². The van der Waals surface area contributed by atoms with Gasteiger partial charge in [0.25, 0.3) is 0 Å². The predicted octanol–water partition coefficient (Wildman–Crippen LogP) is 3.17. The zero-order valence-corrected chi connectivity index (χ0v) is 12.9. The highest BCUT2D eigenvalue weighted by Crippen LogP contribution is 2.34. The molecule has 6 nitrogen and oxygen atoms in total. The number of aromatic nitrogens is 3. The third kappa shape index (κ3) is 2.05. The molecule has 1 aliphatic rings. The highest BCUT2D eigenvalue weighted by atomic mass is 32.1. The first-order chi connectivity index (χ1) is 10.7. The number of para-hydroxylation sites is 1. The Morgan fingerprint density at radius 3 is 3.14 bits per heavy atom. The Morgan fingerprint density at radius 1 is 1.45 bits per heavy atom. The van der Waals surface area contributed by atoms with Gasteiger partial charge >= 0.3 is 6.03 Å². The van der Waals surface area contributed by atoms with Crippen molar-refractivity contribution in [2.24, 2.45) is 0 Å². The molecule has 0 aliphatic carbocycles. The summed E-state index contributed by atoms with van der Waals surface area (Å²) in [6, 6.07) is 8.16. The second-order valence-corrected chi connectivity index (χ2v) is 6.19. The molecule has 7 heteroatoms. The standard InChI is InChI=1S/C15H15N5OS/c1-9-13-11(10-4-2-3-5-12(10)17-13)6-7-20(9)15(21)18-14-19-16-8-22-14/h2-5,8-9,17H,6-7H2,1H3,(H,18,19,21)/t9-/m1/s1. The summed E-state index contributed by atoms with van der Waals surface area (Å²) >= 11 is 1.32. The van der Waals surface area contributed by atoms with Gasteiger partial charge in [-0.15, -0.1) is 10.2 Å². The number of nitrogens with zero attached hydrogens (tertiary/aromatic N) is 3. The van der Waals surface area contributed by atoms with Crippen LogP contribution in [0.15, 0.2) is 29.8 Å². The second kappa shape index (κ2) is 5.10. The first-order valence-corrected chi connectivity index (χ1v) is 8.05. The minimum absolute atomic E-state index is 0.00377. The first kappa shape index (κ1) is 13.3. The summed E-state index contributed by atoms with van der Waals surface area (Å²) in [5.41, 5.74) is 5.18. The summed E-state index contributed by atoms with van der Waals surface area (Å²) in [4.78, 5) is 17.7. The minimum atomic E-state index is -0.131. The van der Waals surface area contributed by atoms with Crippen LogP contribution in [0.4, 0.5) is 9.93 Å². The number of fused-ring (bicyclic) bond motifs is 3. The predicted molar refractivity (Wildman–Crippen MR) is 86.1 cm³/mol. The van der Waals surface area contributed by atoms with Gasteiger partial charge in [0, 0.05) is 23.1 Å². The Bertz CT molecular complexity index is 826. The number of hydrogen-bond donors (Lipinski definition) is 2. The van der Waals surface area contributed by atoms with E-state index < -0.39 is 0 Å². The van der Waals surface area contributed by atoms with Gasteiger partial charge in [-0.25, -0.2) is 4.79 Å². The van der Waals surface area contributed by atoms with Crippen LogP contribution >= 0.6 is 11.3 Å². The van der Waals surface area contributed by atoms with Gasteiger partial charge in [0.2, 0.25) is 5.13 Å². The van der Waals surface area contributed by atoms with Gasteiger partial charge in [-0.05, 0) is 25.0 Å². The van der Waals surface area contributed by atoms with Gasteiger partial charge < -0.3 is 9.88 Å². The van der Waals surface area contributed by atoms with Crippen LogP contribution in [0.2, 0.25) is 0 Å². The van der Waals surface area contributed by atoms with Crippen molar-refractivity contribution in [2.75, 3.05) is 11.9 Å². The number of benzene rings is 1. The minimum Gasteiger partial charge on any atom is -0.356 e. The molecule has 0 spiro atoms. The number of H-pyrrole nitrogens is 1. The van der Waals surface area contributed by atoms with Crippen molar-refractivity contribution < 1.29 is 4.79 Å². The SMILES string of the molecule is C[C@@H]1c2[nH]c3ccccc3c2CCN1C(=O)Nc1nncs1. The van der Waals surface area contributed by atoms with E-state index in [4.69, 9.17) is 0 Å². The monoisotopic (exact) mass is 313 g/mol. The fourth-order valence-electron chi connectivity index (χ4n) is 3.10. The van der Waals surface area contributed by atoms with Crippen molar-refractivity contribution in [3.63, 3.8) is 0 Å². The Kier molecular flexibility index (Phi) is 3.07. The fourth-order valence-corrected chi connectivity index (χ4v) is 3.53. The third-order valence-electron chi connectivity index (χ3n) is 4.17. The summed E-state index contributed by atoms with van der Waals surface area (Å²) in [5, 5.41) is 12.2. The van der Waals surface area contributed by atoms with Crippen LogP contribution in [0.3, 0.4) is 0 Å². The van der Waals surface area contributed by atoms with Gasteiger partial charge in [0.1, 0.15) is 5.51 Å². The average Bonchev–Trinajstić information content (AvgIpc) is 3.15. The van der Waals surface area contributed by atoms with Crippen molar-refractivity contribution in [3.8, 4) is 0 Å². The third-order valence-corrected chi connectivity index (χ3v) is 4.78. The quantitative estimate of drug-likeness (QED) is 0.724. The molecule has 4 rings (SSSR count). The van der Waals surface area contributed by atoms with Crippen molar-refractivity contribution in [1.29, 1.82) is 0 Å². The van der Waals surface area contributed by atoms with Gasteiger partial charge in [-0.2, -0.15) is 0 Å². The molecular weight excluding hydrogens is 298 g/mol. The molecule has 3 aromatic rings. The van der Waals surface area contributed by atoms with E-state index in [1.807, 2.05) is 17.9 Å². The van der Waals surface area contributed by atoms with Crippen LogP contribution in [-0.2, 0) is 6.42 Å². The van der Waals surface area contributed by atoms with Crippen LogP contribution in [-0.4, -0.2) is 32.7 Å². The summed E-state index contributed by atoms with van der Waals surface area (Å²) in [6.07, 6.45) is 0.854. The molecule has 0 radical (unpaired) electrons. The van der Waals surface area contributed by atoms with E-state index in [1.54, 1.807) is 5.51 Å². The number of urea groups is 1. The zero-order valence-electron chi connectivity index (χ0n) is 12.0. The second-order valence-electron chi connectivity index (χ2n) is 5.36. The highest BCUT2D eigenvalue weighted by molar-refractivity contribution is 7.13. The van der Waals surface area contributed by atoms with Crippen LogP contribution in [0.5, 0.6) is 0 Å². The van der Waals surface area contributed by atoms with Crippen LogP contribution < -0.4 is 5.32 Å². The Balaban J connectivity index is 1.64. The normalized spacial score (nSPS) is 17.5. The highest BCUT2D eigenvalue weighted by Gasteiger charge is 2.30. The number of anilines is 1. The van der Waals surface area contributed by atoms with E-state index in [1.165, 1.54) is 22.3 Å². The molecule has 0 unspecified atom stereocenters. The van der Waals surface area contributed by atoms with Crippen LogP contribution in [0, 0.1) is 0 Å². The molecule has 112 valence electrons. The lowest BCUT2D eigenvalue weighted by Crippen LogP contribution is -2.41. The summed E-state index contributed by atoms with van der Waals surface area (Å²) in [5.74, 6) is 0. The number of nitrogens with one attached hydrogen (secondary N) is 2. The Labute approximate surface area is 131 Å².